The van der Waals surface area contributed by atoms with E-state index in [9.17, 15) is 19.5 Å². The Balaban J connectivity index is 1.38. The number of aliphatic hydroxyl groups excluding tert-OH is 1. The standard InChI is InChI=1S/C39H63N5O4S/c1-29-35(49-28-42-29)31-22-20-30(21-23-31)26-41-37(47)33-25-32(45)27-44(33)38(48)36(39(2,3)4)43-34(46)19-17-15-13-11-9-7-5-6-8-10-12-14-16-18-24-40/h20-23,28,32-33,36,45H,5-19,24-27,40H2,1-4H3,(H,41,47)(H,43,46)/t32-,33+,36-/m1/s1. The van der Waals surface area contributed by atoms with Crippen molar-refractivity contribution in [2.45, 2.75) is 155 Å². The van der Waals surface area contributed by atoms with E-state index in [1.165, 1.54) is 69.1 Å². The molecule has 1 aromatic heterocycles. The minimum Gasteiger partial charge on any atom is -0.391 e. The molecule has 2 aromatic rings. The summed E-state index contributed by atoms with van der Waals surface area (Å²) in [7, 11) is 0. The second-order valence-corrected chi connectivity index (χ2v) is 15.8. The van der Waals surface area contributed by atoms with Gasteiger partial charge in [0.1, 0.15) is 12.1 Å². The molecule has 3 rings (SSSR count). The number of amides is 3. The van der Waals surface area contributed by atoms with Gasteiger partial charge in [0.25, 0.3) is 0 Å². The van der Waals surface area contributed by atoms with Crippen LogP contribution >= 0.6 is 11.3 Å². The van der Waals surface area contributed by atoms with Crippen molar-refractivity contribution in [1.29, 1.82) is 0 Å². The zero-order valence-corrected chi connectivity index (χ0v) is 31.4. The van der Waals surface area contributed by atoms with Crippen molar-refractivity contribution in [3.63, 3.8) is 0 Å². The summed E-state index contributed by atoms with van der Waals surface area (Å²) in [5.74, 6) is -0.775. The van der Waals surface area contributed by atoms with Crippen LogP contribution in [0.3, 0.4) is 0 Å². The first-order valence-electron chi connectivity index (χ1n) is 18.8. The first-order chi connectivity index (χ1) is 23.5. The molecule has 0 radical (unpaired) electrons. The van der Waals surface area contributed by atoms with E-state index >= 15 is 0 Å². The first kappa shape index (κ1) is 40.6. The third-order valence-electron chi connectivity index (χ3n) is 9.57. The first-order valence-corrected chi connectivity index (χ1v) is 19.6. The number of likely N-dealkylation sites (tertiary alicyclic amines) is 1. The SMILES string of the molecule is Cc1ncsc1-c1ccc(CNC(=O)[C@@H]2C[C@@H](O)CN2C(=O)[C@@H](NC(=O)CCCCCCCCCCCCCCCCN)C(C)(C)C)cc1. The molecule has 0 spiro atoms. The van der Waals surface area contributed by atoms with Crippen molar-refractivity contribution in [3.05, 3.63) is 41.0 Å². The molecule has 274 valence electrons. The predicted molar refractivity (Wildman–Crippen MR) is 200 cm³/mol. The van der Waals surface area contributed by atoms with E-state index in [0.29, 0.717) is 13.0 Å². The van der Waals surface area contributed by atoms with Crippen LogP contribution in [-0.2, 0) is 20.9 Å². The van der Waals surface area contributed by atoms with Gasteiger partial charge in [-0.2, -0.15) is 0 Å². The lowest BCUT2D eigenvalue weighted by atomic mass is 9.85. The minimum atomic E-state index is -0.797. The normalized spacial score (nSPS) is 16.9. The summed E-state index contributed by atoms with van der Waals surface area (Å²) < 4.78 is 0. The van der Waals surface area contributed by atoms with Crippen LogP contribution in [0.4, 0.5) is 0 Å². The Labute approximate surface area is 299 Å². The van der Waals surface area contributed by atoms with Crippen LogP contribution in [0, 0.1) is 12.3 Å². The van der Waals surface area contributed by atoms with E-state index < -0.39 is 23.6 Å². The van der Waals surface area contributed by atoms with Gasteiger partial charge in [-0.3, -0.25) is 14.4 Å². The van der Waals surface area contributed by atoms with E-state index in [2.05, 4.69) is 15.6 Å². The molecule has 1 aromatic carbocycles. The number of carbonyl (C=O) groups is 3. The van der Waals surface area contributed by atoms with Gasteiger partial charge in [-0.25, -0.2) is 4.98 Å². The molecule has 9 nitrogen and oxygen atoms in total. The van der Waals surface area contributed by atoms with Crippen LogP contribution in [-0.4, -0.2) is 64.0 Å². The van der Waals surface area contributed by atoms with Gasteiger partial charge in [0.2, 0.25) is 17.7 Å². The maximum atomic E-state index is 13.9. The molecule has 49 heavy (non-hydrogen) atoms. The molecule has 10 heteroatoms. The molecule has 0 bridgehead atoms. The summed E-state index contributed by atoms with van der Waals surface area (Å²) >= 11 is 1.60. The molecular formula is C39H63N5O4S. The number of rotatable bonds is 22. The lowest BCUT2D eigenvalue weighted by Crippen LogP contribution is -2.57. The van der Waals surface area contributed by atoms with Crippen molar-refractivity contribution in [2.75, 3.05) is 13.1 Å². The molecule has 3 atom stereocenters. The Hall–Kier alpha value is -2.82. The molecular weight excluding hydrogens is 635 g/mol. The number of aryl methyl sites for hydroxylation is 1. The highest BCUT2D eigenvalue weighted by Crippen LogP contribution is 2.28. The Morgan fingerprint density at radius 1 is 0.918 bits per heavy atom. The highest BCUT2D eigenvalue weighted by Gasteiger charge is 2.44. The molecule has 1 saturated heterocycles. The van der Waals surface area contributed by atoms with Crippen molar-refractivity contribution in [1.82, 2.24) is 20.5 Å². The maximum absolute atomic E-state index is 13.9. The van der Waals surface area contributed by atoms with Crippen molar-refractivity contribution < 1.29 is 19.5 Å². The van der Waals surface area contributed by atoms with Gasteiger partial charge in [0.15, 0.2) is 0 Å². The number of nitrogens with two attached hydrogens (primary N) is 1. The predicted octanol–water partition coefficient (Wildman–Crippen LogP) is 7.04. The highest BCUT2D eigenvalue weighted by atomic mass is 32.1. The van der Waals surface area contributed by atoms with E-state index in [4.69, 9.17) is 5.73 Å². The van der Waals surface area contributed by atoms with Crippen LogP contribution in [0.1, 0.15) is 135 Å². The fourth-order valence-corrected chi connectivity index (χ4v) is 7.38. The Morgan fingerprint density at radius 3 is 1.98 bits per heavy atom. The molecule has 1 aliphatic rings. The van der Waals surface area contributed by atoms with Crippen LogP contribution < -0.4 is 16.4 Å². The molecule has 5 N–H and O–H groups in total. The average Bonchev–Trinajstić information content (AvgIpc) is 3.68. The molecule has 0 aliphatic carbocycles. The zero-order valence-electron chi connectivity index (χ0n) is 30.6. The quantitative estimate of drug-likeness (QED) is 0.0975. The summed E-state index contributed by atoms with van der Waals surface area (Å²) in [6, 6.07) is 6.39. The number of aliphatic hydroxyl groups is 1. The molecule has 3 amide bonds. The number of hydrogen-bond donors (Lipinski definition) is 4. The third kappa shape index (κ3) is 14.1. The largest absolute Gasteiger partial charge is 0.391 e. The molecule has 0 saturated carbocycles. The van der Waals surface area contributed by atoms with Crippen LogP contribution in [0.2, 0.25) is 0 Å². The summed E-state index contributed by atoms with van der Waals surface area (Å²) in [5, 5.41) is 16.4. The number of nitrogens with one attached hydrogen (secondary N) is 2. The van der Waals surface area contributed by atoms with Gasteiger partial charge in [-0.15, -0.1) is 11.3 Å². The molecule has 1 aliphatic heterocycles. The fraction of sp³-hybridized carbons (Fsp3) is 0.692. The second-order valence-electron chi connectivity index (χ2n) is 14.9. The Morgan fingerprint density at radius 2 is 1.47 bits per heavy atom. The minimum absolute atomic E-state index is 0.0670. The number of thiazole rings is 1. The van der Waals surface area contributed by atoms with Crippen molar-refractivity contribution in [3.8, 4) is 10.4 Å². The molecule has 1 fully saturated rings. The number of nitrogens with zero attached hydrogens (tertiary/aromatic N) is 2. The van der Waals surface area contributed by atoms with Gasteiger partial charge in [0.05, 0.1) is 22.2 Å². The van der Waals surface area contributed by atoms with Gasteiger partial charge in [-0.05, 0) is 42.9 Å². The average molecular weight is 698 g/mol. The van der Waals surface area contributed by atoms with E-state index in [0.717, 1.165) is 53.9 Å². The Kier molecular flexibility index (Phi) is 17.7. The van der Waals surface area contributed by atoms with Gasteiger partial charge in [0, 0.05) is 25.9 Å². The maximum Gasteiger partial charge on any atom is 0.246 e. The van der Waals surface area contributed by atoms with E-state index in [-0.39, 0.29) is 30.7 Å². The Bertz CT molecular complexity index is 1270. The second kappa shape index (κ2) is 21.4. The number of β-amino-alcohol motifs (C(OH)–C–C–N with tert-alkyl or cyclic N) is 1. The van der Waals surface area contributed by atoms with Gasteiger partial charge in [-0.1, -0.05) is 122 Å². The van der Waals surface area contributed by atoms with Crippen molar-refractivity contribution >= 4 is 29.1 Å². The number of unbranched alkanes of at least 4 members (excludes halogenated alkanes) is 13. The number of aromatic nitrogens is 1. The number of carbonyl (C=O) groups excluding carboxylic acids is 3. The molecule has 2 heterocycles. The van der Waals surface area contributed by atoms with Gasteiger partial charge < -0.3 is 26.4 Å². The topological polar surface area (TPSA) is 138 Å². The lowest BCUT2D eigenvalue weighted by Gasteiger charge is -2.35. The number of hydrogen-bond acceptors (Lipinski definition) is 7. The van der Waals surface area contributed by atoms with Crippen molar-refractivity contribution in [2.24, 2.45) is 11.1 Å². The summed E-state index contributed by atoms with van der Waals surface area (Å²) in [6.07, 6.45) is 16.8. The number of benzene rings is 1. The van der Waals surface area contributed by atoms with Crippen LogP contribution in [0.25, 0.3) is 10.4 Å². The van der Waals surface area contributed by atoms with E-state index in [1.54, 1.807) is 11.3 Å². The zero-order chi connectivity index (χ0) is 35.6. The third-order valence-corrected chi connectivity index (χ3v) is 10.5. The summed E-state index contributed by atoms with van der Waals surface area (Å²) in [6.45, 7) is 8.92. The van der Waals surface area contributed by atoms with E-state index in [1.807, 2.05) is 57.5 Å². The highest BCUT2D eigenvalue weighted by molar-refractivity contribution is 7.13. The molecule has 0 unspecified atom stereocenters. The summed E-state index contributed by atoms with van der Waals surface area (Å²) in [4.78, 5) is 47.1. The lowest BCUT2D eigenvalue weighted by molar-refractivity contribution is -0.144. The summed E-state index contributed by atoms with van der Waals surface area (Å²) in [5.41, 5.74) is 9.82. The van der Waals surface area contributed by atoms with Crippen LogP contribution in [0.15, 0.2) is 29.8 Å². The smallest absolute Gasteiger partial charge is 0.246 e. The fourth-order valence-electron chi connectivity index (χ4n) is 6.56. The monoisotopic (exact) mass is 697 g/mol. The van der Waals surface area contributed by atoms with Crippen LogP contribution in [0.5, 0.6) is 0 Å². The van der Waals surface area contributed by atoms with Gasteiger partial charge >= 0.3 is 0 Å².